The summed E-state index contributed by atoms with van der Waals surface area (Å²) in [4.78, 5) is 11.2. The maximum Gasteiger partial charge on any atom is 0.508 e. The van der Waals surface area contributed by atoms with Crippen LogP contribution in [0.2, 0.25) is 0 Å². The molecule has 0 saturated heterocycles. The lowest BCUT2D eigenvalue weighted by Gasteiger charge is -2.60. The van der Waals surface area contributed by atoms with E-state index in [0.717, 1.165) is 19.3 Å². The van der Waals surface area contributed by atoms with E-state index in [0.29, 0.717) is 19.4 Å². The molecule has 4 nitrogen and oxygen atoms in total. The lowest BCUT2D eigenvalue weighted by molar-refractivity contribution is -0.182. The fourth-order valence-corrected chi connectivity index (χ4v) is 5.12. The van der Waals surface area contributed by atoms with Crippen LogP contribution in [-0.2, 0) is 9.47 Å². The van der Waals surface area contributed by atoms with Gasteiger partial charge in [0.1, 0.15) is 5.60 Å². The molecular weight excluding hydrogens is 256 g/mol. The molecule has 1 N–H and O–H groups in total. The van der Waals surface area contributed by atoms with Crippen molar-refractivity contribution in [2.24, 2.45) is 11.8 Å². The normalized spacial score (nSPS) is 49.2. The molecule has 5 atom stereocenters. The SMILES string of the molecule is CCOC(=O)OC12CCC(O)C1C1CCCC12Cl. The predicted molar refractivity (Wildman–Crippen MR) is 65.5 cm³/mol. The standard InChI is InChI=1S/C13H19ClO4/c1-2-17-11(16)18-13-7-5-9(15)10(13)8-4-3-6-12(8,13)14/h8-10,15H,2-7H2,1H3. The number of rotatable bonds is 2. The third kappa shape index (κ3) is 1.33. The molecule has 0 amide bonds. The Morgan fingerprint density at radius 2 is 2.22 bits per heavy atom. The summed E-state index contributed by atoms with van der Waals surface area (Å²) in [5.74, 6) is 0.285. The van der Waals surface area contributed by atoms with Crippen molar-refractivity contribution in [1.29, 1.82) is 0 Å². The summed E-state index contributed by atoms with van der Waals surface area (Å²) in [6.07, 6.45) is 3.20. The van der Waals surface area contributed by atoms with Gasteiger partial charge in [-0.2, -0.15) is 0 Å². The van der Waals surface area contributed by atoms with Crippen molar-refractivity contribution in [1.82, 2.24) is 0 Å². The number of aliphatic hydroxyl groups is 1. The first-order valence-electron chi connectivity index (χ1n) is 6.78. The van der Waals surface area contributed by atoms with Crippen LogP contribution in [-0.4, -0.2) is 34.4 Å². The van der Waals surface area contributed by atoms with E-state index >= 15 is 0 Å². The van der Waals surface area contributed by atoms with Crippen LogP contribution in [0.5, 0.6) is 0 Å². The number of ether oxygens (including phenoxy) is 2. The lowest BCUT2D eigenvalue weighted by Crippen LogP contribution is -2.71. The number of halogens is 1. The van der Waals surface area contributed by atoms with Crippen molar-refractivity contribution >= 4 is 17.8 Å². The number of carbonyl (C=O) groups is 1. The second-order valence-corrected chi connectivity index (χ2v) is 6.34. The summed E-state index contributed by atoms with van der Waals surface area (Å²) >= 11 is 6.73. The van der Waals surface area contributed by atoms with Gasteiger partial charge in [-0.1, -0.05) is 6.42 Å². The minimum absolute atomic E-state index is 0.00176. The molecule has 5 heteroatoms. The van der Waals surface area contributed by atoms with E-state index in [4.69, 9.17) is 21.1 Å². The zero-order valence-electron chi connectivity index (χ0n) is 10.5. The molecular formula is C13H19ClO4. The lowest BCUT2D eigenvalue weighted by atomic mass is 9.55. The monoisotopic (exact) mass is 274 g/mol. The summed E-state index contributed by atoms with van der Waals surface area (Å²) in [5.41, 5.74) is -0.693. The van der Waals surface area contributed by atoms with Crippen LogP contribution >= 0.6 is 11.6 Å². The number of carbonyl (C=O) groups excluding carboxylic acids is 1. The van der Waals surface area contributed by atoms with E-state index in [1.165, 1.54) is 0 Å². The van der Waals surface area contributed by atoms with Gasteiger partial charge in [0, 0.05) is 5.92 Å². The highest BCUT2D eigenvalue weighted by Gasteiger charge is 2.78. The smallest absolute Gasteiger partial charge is 0.435 e. The van der Waals surface area contributed by atoms with Crippen molar-refractivity contribution in [2.45, 2.75) is 55.6 Å². The first-order chi connectivity index (χ1) is 8.55. The van der Waals surface area contributed by atoms with Gasteiger partial charge in [-0.15, -0.1) is 11.6 Å². The quantitative estimate of drug-likeness (QED) is 0.621. The molecule has 18 heavy (non-hydrogen) atoms. The average Bonchev–Trinajstić information content (AvgIpc) is 2.79. The Bertz CT molecular complexity index is 374. The zero-order valence-corrected chi connectivity index (χ0v) is 11.3. The van der Waals surface area contributed by atoms with Gasteiger partial charge < -0.3 is 14.6 Å². The van der Waals surface area contributed by atoms with Gasteiger partial charge in [0.2, 0.25) is 0 Å². The predicted octanol–water partition coefficient (Wildman–Crippen LogP) is 2.46. The topological polar surface area (TPSA) is 55.8 Å². The van der Waals surface area contributed by atoms with Crippen LogP contribution < -0.4 is 0 Å². The van der Waals surface area contributed by atoms with Gasteiger partial charge in [-0.25, -0.2) is 4.79 Å². The van der Waals surface area contributed by atoms with Gasteiger partial charge in [0.25, 0.3) is 0 Å². The second kappa shape index (κ2) is 4.01. The van der Waals surface area contributed by atoms with Crippen LogP contribution in [0.3, 0.4) is 0 Å². The first kappa shape index (κ1) is 12.5. The molecule has 0 spiro atoms. The van der Waals surface area contributed by atoms with Gasteiger partial charge in [0.15, 0.2) is 0 Å². The molecule has 3 aliphatic carbocycles. The van der Waals surface area contributed by atoms with Crippen molar-refractivity contribution in [2.75, 3.05) is 6.61 Å². The summed E-state index contributed by atoms with van der Waals surface area (Å²) in [6.45, 7) is 2.04. The third-order valence-electron chi connectivity index (χ3n) is 5.07. The van der Waals surface area contributed by atoms with Crippen LogP contribution in [0, 0.1) is 11.8 Å². The Balaban J connectivity index is 1.86. The van der Waals surface area contributed by atoms with E-state index in [1.54, 1.807) is 6.92 Å². The summed E-state index contributed by atoms with van der Waals surface area (Å²) in [6, 6.07) is 0. The van der Waals surface area contributed by atoms with Crippen LogP contribution in [0.4, 0.5) is 4.79 Å². The summed E-state index contributed by atoms with van der Waals surface area (Å²) in [7, 11) is 0. The van der Waals surface area contributed by atoms with Gasteiger partial charge >= 0.3 is 6.16 Å². The van der Waals surface area contributed by atoms with Crippen LogP contribution in [0.25, 0.3) is 0 Å². The van der Waals surface area contributed by atoms with E-state index in [1.807, 2.05) is 0 Å². The number of aliphatic hydroxyl groups excluding tert-OH is 1. The highest BCUT2D eigenvalue weighted by molar-refractivity contribution is 6.26. The first-order valence-corrected chi connectivity index (χ1v) is 7.16. The third-order valence-corrected chi connectivity index (χ3v) is 5.86. The number of alkyl halides is 1. The van der Waals surface area contributed by atoms with Crippen molar-refractivity contribution in [3.63, 3.8) is 0 Å². The number of fused-ring (bicyclic) bond motifs is 4. The fraction of sp³-hybridized carbons (Fsp3) is 0.923. The summed E-state index contributed by atoms with van der Waals surface area (Å²) < 4.78 is 10.5. The maximum absolute atomic E-state index is 11.6. The molecule has 3 aliphatic rings. The molecule has 0 aliphatic heterocycles. The maximum atomic E-state index is 11.6. The molecule has 3 rings (SSSR count). The second-order valence-electron chi connectivity index (χ2n) is 5.67. The molecule has 0 aromatic rings. The van der Waals surface area contributed by atoms with E-state index in [2.05, 4.69) is 0 Å². The molecule has 0 aromatic heterocycles. The van der Waals surface area contributed by atoms with Crippen molar-refractivity contribution < 1.29 is 19.4 Å². The van der Waals surface area contributed by atoms with E-state index in [9.17, 15) is 9.90 Å². The molecule has 0 heterocycles. The highest BCUT2D eigenvalue weighted by atomic mass is 35.5. The number of hydrogen-bond donors (Lipinski definition) is 1. The molecule has 0 bridgehead atoms. The Morgan fingerprint density at radius 3 is 2.94 bits per heavy atom. The van der Waals surface area contributed by atoms with Gasteiger partial charge in [-0.3, -0.25) is 0 Å². The van der Waals surface area contributed by atoms with Crippen LogP contribution in [0.1, 0.15) is 39.0 Å². The average molecular weight is 275 g/mol. The minimum atomic E-state index is -0.693. The summed E-state index contributed by atoms with van der Waals surface area (Å²) in [5, 5.41) is 10.1. The molecule has 5 unspecified atom stereocenters. The molecule has 102 valence electrons. The Kier molecular flexibility index (Phi) is 2.79. The Labute approximate surface area is 112 Å². The molecule has 3 saturated carbocycles. The highest BCUT2D eigenvalue weighted by Crippen LogP contribution is 2.71. The Morgan fingerprint density at radius 1 is 1.44 bits per heavy atom. The fourth-order valence-electron chi connectivity index (χ4n) is 4.48. The Hall–Kier alpha value is -0.480. The minimum Gasteiger partial charge on any atom is -0.435 e. The largest absolute Gasteiger partial charge is 0.508 e. The van der Waals surface area contributed by atoms with E-state index in [-0.39, 0.29) is 11.8 Å². The molecule has 0 radical (unpaired) electrons. The van der Waals surface area contributed by atoms with Gasteiger partial charge in [0.05, 0.1) is 17.6 Å². The van der Waals surface area contributed by atoms with Gasteiger partial charge in [-0.05, 0) is 38.5 Å². The zero-order chi connectivity index (χ0) is 13.0. The van der Waals surface area contributed by atoms with Crippen molar-refractivity contribution in [3.05, 3.63) is 0 Å². The molecule has 0 aromatic carbocycles. The van der Waals surface area contributed by atoms with E-state index < -0.39 is 22.7 Å². The van der Waals surface area contributed by atoms with Crippen molar-refractivity contribution in [3.8, 4) is 0 Å². The number of hydrogen-bond acceptors (Lipinski definition) is 4. The molecule has 3 fully saturated rings. The van der Waals surface area contributed by atoms with Crippen LogP contribution in [0.15, 0.2) is 0 Å².